The van der Waals surface area contributed by atoms with Gasteiger partial charge < -0.3 is 39.0 Å². The van der Waals surface area contributed by atoms with Crippen LogP contribution in [0.1, 0.15) is 144 Å². The van der Waals surface area contributed by atoms with Gasteiger partial charge in [0.2, 0.25) is 0 Å². The average Bonchev–Trinajstić information content (AvgIpc) is 1.57. The largest absolute Gasteiger partial charge is 0.507 e. The standard InChI is InChI=1S/C32H34F3NO4.C26H23F3O3.C24H22O3.C9H9F3O3S.C2H6O/c1-21-23(11-7-12-24(21)22-9-3-2-4-10-22)19-39-29-17-30(40-20-32(33,34)35)27(25-13-8-14-26(25)29)18-36-16-6-5-15-28(36)31(37)38;1-17-19(9-5-10-20(17)18-7-3-2-4-8-18)15-31-24-13-25(32-16-26(27,28)29)23(14-30)21-11-6-12-22(21)24;1-16-18(9-5-10-19(16)17-7-3-2-4-8-17)15-27-24-13-23(26)22(14-25)20-11-6-12-21(20)24;1-7-2-4-8(5-3-7)16(13,14)15-6-9(10,11)12;1-2-3/h2-4,7,9-12,17,28H,5-6,8,13-16,18-20H2,1H3,(H,37,38);2-5,7-10,13-14H,6,11-12,15-16H2,1H3;2-5,7-10,13-14,26H,6,11-12,15H2,1H3;2-5H,6H2,1H3;3H,2H2,1H3/t28-;;;;/m0..../s1. The molecule has 3 aliphatic carbocycles. The van der Waals surface area contributed by atoms with Crippen LogP contribution in [0, 0.1) is 27.7 Å². The van der Waals surface area contributed by atoms with Gasteiger partial charge in [0, 0.05) is 36.9 Å². The number of fused-ring (bicyclic) bond motifs is 3. The Kier molecular flexibility index (Phi) is 31.0. The fourth-order valence-corrected chi connectivity index (χ4v) is 15.9. The molecule has 0 bridgehead atoms. The van der Waals surface area contributed by atoms with Crippen molar-refractivity contribution in [2.24, 2.45) is 0 Å². The number of aldehydes is 2. The number of aryl methyl sites for hydroxylation is 1. The first-order valence-electron chi connectivity index (χ1n) is 38.8. The highest BCUT2D eigenvalue weighted by Crippen LogP contribution is 2.45. The minimum absolute atomic E-state index is 0.00964. The molecule has 118 heavy (non-hydrogen) atoms. The number of phenolic OH excluding ortho intramolecular Hbond substituents is 1. The van der Waals surface area contributed by atoms with Gasteiger partial charge in [0.05, 0.1) is 16.0 Å². The molecular formula is C93H94F9NO14S. The summed E-state index contributed by atoms with van der Waals surface area (Å²) in [5.41, 5.74) is 20.8. The molecular weight excluding hydrogens is 1560 g/mol. The fourth-order valence-electron chi connectivity index (χ4n) is 15.0. The Morgan fingerprint density at radius 1 is 0.458 bits per heavy atom. The number of phenols is 1. The summed E-state index contributed by atoms with van der Waals surface area (Å²) in [6.07, 6.45) is -3.00. The number of carbonyl (C=O) groups is 3. The Morgan fingerprint density at radius 3 is 1.25 bits per heavy atom. The van der Waals surface area contributed by atoms with Crippen molar-refractivity contribution in [1.29, 1.82) is 0 Å². The number of carboxylic acids is 1. The van der Waals surface area contributed by atoms with Gasteiger partial charge >= 0.3 is 24.5 Å². The van der Waals surface area contributed by atoms with Crippen LogP contribution in [0.25, 0.3) is 33.4 Å². The Bertz CT molecular complexity index is 5200. The summed E-state index contributed by atoms with van der Waals surface area (Å²) < 4.78 is 168. The smallest absolute Gasteiger partial charge is 0.422 e. The van der Waals surface area contributed by atoms with Crippen LogP contribution >= 0.6 is 0 Å². The quantitative estimate of drug-likeness (QED) is 0.0292. The lowest BCUT2D eigenvalue weighted by molar-refractivity contribution is -0.154. The van der Waals surface area contributed by atoms with E-state index >= 15 is 0 Å². The van der Waals surface area contributed by atoms with Crippen LogP contribution in [0.3, 0.4) is 0 Å². The zero-order valence-electron chi connectivity index (χ0n) is 66.1. The molecule has 14 rings (SSSR count). The van der Waals surface area contributed by atoms with Gasteiger partial charge in [-0.3, -0.25) is 23.5 Å². The molecule has 0 aromatic heterocycles. The lowest BCUT2D eigenvalue weighted by Crippen LogP contribution is -2.44. The maximum Gasteiger partial charge on any atom is 0.422 e. The first-order valence-corrected chi connectivity index (χ1v) is 40.2. The second-order valence-corrected chi connectivity index (χ2v) is 30.6. The maximum absolute atomic E-state index is 13.2. The minimum atomic E-state index is -4.67. The number of aliphatic hydroxyl groups is 1. The third kappa shape index (κ3) is 23.9. The number of aliphatic carboxylic acids is 1. The molecule has 1 saturated heterocycles. The number of piperidine rings is 1. The van der Waals surface area contributed by atoms with Crippen LogP contribution in [0.2, 0.25) is 0 Å². The van der Waals surface area contributed by atoms with E-state index in [1.807, 2.05) is 122 Å². The number of nitrogens with zero attached hydrogens (tertiary/aromatic N) is 1. The Hall–Kier alpha value is -11.0. The highest BCUT2D eigenvalue weighted by Gasteiger charge is 2.36. The van der Waals surface area contributed by atoms with E-state index in [0.29, 0.717) is 73.5 Å². The van der Waals surface area contributed by atoms with Gasteiger partial charge in [-0.05, 0) is 224 Å². The van der Waals surface area contributed by atoms with Crippen molar-refractivity contribution in [3.05, 3.63) is 277 Å². The topological polar surface area (TPSA) is 205 Å². The number of ether oxygens (including phenoxy) is 5. The van der Waals surface area contributed by atoms with E-state index in [1.165, 1.54) is 47.0 Å². The SMILES string of the molecule is CCO.Cc1c(COc2cc(O)c(C=O)c3c2CCC3)cccc1-c1ccccc1.Cc1c(COc2cc(OCC(F)(F)F)c(C=O)c3c2CCC3)cccc1-c1ccccc1.Cc1c(COc2cc(OCC(F)(F)F)c(CN3CCCC[C@H]3C(=O)O)c3c2CCC3)cccc1-c1ccccc1.Cc1ccc(S(=O)(=O)OCC(F)(F)F)cc1. The molecule has 1 fully saturated rings. The zero-order valence-corrected chi connectivity index (χ0v) is 66.9. The predicted molar refractivity (Wildman–Crippen MR) is 433 cm³/mol. The predicted octanol–water partition coefficient (Wildman–Crippen LogP) is 21.1. The Balaban J connectivity index is 0.000000170. The summed E-state index contributed by atoms with van der Waals surface area (Å²) in [5.74, 6) is 0.851. The molecule has 0 spiro atoms. The molecule has 0 saturated carbocycles. The second-order valence-electron chi connectivity index (χ2n) is 28.9. The van der Waals surface area contributed by atoms with Gasteiger partial charge in [-0.1, -0.05) is 170 Å². The summed E-state index contributed by atoms with van der Waals surface area (Å²) in [4.78, 5) is 36.4. The van der Waals surface area contributed by atoms with Gasteiger partial charge in [0.1, 0.15) is 60.4 Å². The molecule has 624 valence electrons. The summed E-state index contributed by atoms with van der Waals surface area (Å²) in [6, 6.07) is 58.0. The molecule has 3 N–H and O–H groups in total. The van der Waals surface area contributed by atoms with E-state index in [9.17, 15) is 72.5 Å². The summed E-state index contributed by atoms with van der Waals surface area (Å²) in [6.45, 7) is 6.94. The number of carboxylic acid groups (broad SMARTS) is 1. The molecule has 1 heterocycles. The number of alkyl halides is 9. The first-order chi connectivity index (χ1) is 56.4. The van der Waals surface area contributed by atoms with Gasteiger partial charge in [-0.25, -0.2) is 0 Å². The Morgan fingerprint density at radius 2 is 0.839 bits per heavy atom. The second kappa shape index (κ2) is 40.9. The fraction of sp³-hybridized carbons (Fsp3) is 0.323. The van der Waals surface area contributed by atoms with Crippen LogP contribution in [0.15, 0.2) is 193 Å². The van der Waals surface area contributed by atoms with Gasteiger partial charge in [0.25, 0.3) is 10.1 Å². The molecule has 10 aromatic rings. The van der Waals surface area contributed by atoms with Crippen molar-refractivity contribution >= 4 is 28.7 Å². The highest BCUT2D eigenvalue weighted by molar-refractivity contribution is 7.86. The monoisotopic (exact) mass is 1650 g/mol. The molecule has 0 radical (unpaired) electrons. The van der Waals surface area contributed by atoms with E-state index in [4.69, 9.17) is 28.8 Å². The van der Waals surface area contributed by atoms with Crippen molar-refractivity contribution in [3.8, 4) is 67.9 Å². The van der Waals surface area contributed by atoms with E-state index in [-0.39, 0.29) is 54.1 Å². The minimum Gasteiger partial charge on any atom is -0.507 e. The molecule has 4 aliphatic rings. The third-order valence-corrected chi connectivity index (χ3v) is 22.2. The van der Waals surface area contributed by atoms with Crippen molar-refractivity contribution < 1.29 is 106 Å². The molecule has 0 amide bonds. The third-order valence-electron chi connectivity index (χ3n) is 20.9. The number of aliphatic hydroxyl groups excluding tert-OH is 1. The zero-order chi connectivity index (χ0) is 84.9. The van der Waals surface area contributed by atoms with Crippen molar-refractivity contribution in [2.45, 2.75) is 168 Å². The number of halogens is 9. The van der Waals surface area contributed by atoms with Crippen molar-refractivity contribution in [1.82, 2.24) is 4.90 Å². The number of carbonyl (C=O) groups excluding carboxylic acids is 2. The van der Waals surface area contributed by atoms with Gasteiger partial charge in [-0.2, -0.15) is 47.9 Å². The number of benzene rings is 10. The first kappa shape index (κ1) is 89.4. The van der Waals surface area contributed by atoms with Crippen LogP contribution in [-0.4, -0.2) is 105 Å². The van der Waals surface area contributed by atoms with Gasteiger partial charge in [-0.15, -0.1) is 0 Å². The van der Waals surface area contributed by atoms with E-state index in [1.54, 1.807) is 26.0 Å². The van der Waals surface area contributed by atoms with Crippen LogP contribution in [0.5, 0.6) is 34.5 Å². The van der Waals surface area contributed by atoms with Crippen molar-refractivity contribution in [3.63, 3.8) is 0 Å². The summed E-state index contributed by atoms with van der Waals surface area (Å²) >= 11 is 0. The molecule has 1 aliphatic heterocycles. The normalized spacial score (nSPS) is 14.2. The highest BCUT2D eigenvalue weighted by atomic mass is 32.2. The lowest BCUT2D eigenvalue weighted by atomic mass is 9.96. The summed E-state index contributed by atoms with van der Waals surface area (Å²) in [5, 5.41) is 27.5. The number of rotatable bonds is 24. The number of hydrogen-bond acceptors (Lipinski definition) is 14. The number of hydrogen-bond donors (Lipinski definition) is 3. The molecule has 10 aromatic carbocycles. The molecule has 0 unspecified atom stereocenters. The van der Waals surface area contributed by atoms with E-state index in [2.05, 4.69) is 53.6 Å². The van der Waals surface area contributed by atoms with E-state index in [0.717, 1.165) is 147 Å². The number of likely N-dealkylation sites (tertiary alicyclic amines) is 1. The molecule has 1 atom stereocenters. The maximum atomic E-state index is 13.2. The van der Waals surface area contributed by atoms with Gasteiger partial charge in [0.15, 0.2) is 32.4 Å². The van der Waals surface area contributed by atoms with Crippen molar-refractivity contribution in [2.75, 3.05) is 33.0 Å². The summed E-state index contributed by atoms with van der Waals surface area (Å²) in [7, 11) is -4.33. The lowest BCUT2D eigenvalue weighted by Gasteiger charge is -2.34. The molecule has 15 nitrogen and oxygen atoms in total. The average molecular weight is 1650 g/mol. The van der Waals surface area contributed by atoms with Crippen LogP contribution in [-0.2, 0) is 84.0 Å². The Labute approximate surface area is 681 Å². The van der Waals surface area contributed by atoms with E-state index < -0.39 is 60.5 Å². The molecule has 25 heteroatoms. The number of aromatic hydroxyl groups is 1. The van der Waals surface area contributed by atoms with Crippen LogP contribution in [0.4, 0.5) is 39.5 Å². The van der Waals surface area contributed by atoms with Crippen LogP contribution < -0.4 is 23.7 Å².